The predicted octanol–water partition coefficient (Wildman–Crippen LogP) is 2.46. The van der Waals surface area contributed by atoms with Crippen LogP contribution in [0.1, 0.15) is 16.1 Å². The third kappa shape index (κ3) is 1.75. The van der Waals surface area contributed by atoms with Gasteiger partial charge in [0.25, 0.3) is 0 Å². The lowest BCUT2D eigenvalue weighted by Gasteiger charge is -1.90. The van der Waals surface area contributed by atoms with Gasteiger partial charge in [0, 0.05) is 10.9 Å². The molecule has 0 aliphatic heterocycles. The summed E-state index contributed by atoms with van der Waals surface area (Å²) < 4.78 is 0. The van der Waals surface area contributed by atoms with Crippen LogP contribution in [0.15, 0.2) is 24.3 Å². The molecule has 1 heterocycles. The van der Waals surface area contributed by atoms with Crippen molar-refractivity contribution in [2.75, 3.05) is 5.88 Å². The van der Waals surface area contributed by atoms with Crippen molar-refractivity contribution in [1.29, 1.82) is 0 Å². The average Bonchev–Trinajstić information content (AvgIpc) is 2.65. The van der Waals surface area contributed by atoms with E-state index in [0.29, 0.717) is 5.56 Å². The third-order valence-corrected chi connectivity index (χ3v) is 2.33. The number of hydrogen-bond acceptors (Lipinski definition) is 1. The van der Waals surface area contributed by atoms with Crippen LogP contribution in [-0.4, -0.2) is 21.9 Å². The van der Waals surface area contributed by atoms with Crippen LogP contribution in [0.25, 0.3) is 10.9 Å². The molecule has 4 heteroatoms. The largest absolute Gasteiger partial charge is 0.477 e. The van der Waals surface area contributed by atoms with Gasteiger partial charge in [0.05, 0.1) is 11.4 Å². The smallest absolute Gasteiger partial charge is 0.353 e. The number of carboxylic acid groups (broad SMARTS) is 1. The summed E-state index contributed by atoms with van der Waals surface area (Å²) >= 11 is 5.47. The van der Waals surface area contributed by atoms with E-state index in [1.165, 1.54) is 0 Å². The van der Waals surface area contributed by atoms with Crippen molar-refractivity contribution < 1.29 is 9.90 Å². The second-order valence-electron chi connectivity index (χ2n) is 3.16. The number of aromatic amines is 1. The Bertz CT molecular complexity index is 604. The highest BCUT2D eigenvalue weighted by molar-refractivity contribution is 6.19. The van der Waals surface area contributed by atoms with Crippen LogP contribution in [0.4, 0.5) is 0 Å². The van der Waals surface area contributed by atoms with Gasteiger partial charge in [-0.3, -0.25) is 0 Å². The molecule has 0 atom stereocenters. The third-order valence-electron chi connectivity index (χ3n) is 2.20. The Hall–Kier alpha value is -1.92. The maximum Gasteiger partial charge on any atom is 0.353 e. The van der Waals surface area contributed by atoms with Gasteiger partial charge in [-0.05, 0) is 6.07 Å². The number of alkyl halides is 1. The lowest BCUT2D eigenvalue weighted by atomic mass is 10.1. The van der Waals surface area contributed by atoms with Crippen molar-refractivity contribution in [3.63, 3.8) is 0 Å². The zero-order valence-corrected chi connectivity index (χ0v) is 9.01. The zero-order valence-electron chi connectivity index (χ0n) is 8.25. The summed E-state index contributed by atoms with van der Waals surface area (Å²) in [4.78, 5) is 13.8. The molecule has 0 bridgehead atoms. The molecule has 0 fully saturated rings. The number of carbonyl (C=O) groups is 1. The van der Waals surface area contributed by atoms with Crippen molar-refractivity contribution in [1.82, 2.24) is 4.98 Å². The number of fused-ring (bicyclic) bond motifs is 1. The summed E-state index contributed by atoms with van der Waals surface area (Å²) in [5.74, 6) is 4.60. The number of hydrogen-bond donors (Lipinski definition) is 2. The van der Waals surface area contributed by atoms with Crippen molar-refractivity contribution in [3.8, 4) is 11.8 Å². The van der Waals surface area contributed by atoms with E-state index in [9.17, 15) is 4.79 Å². The van der Waals surface area contributed by atoms with Gasteiger partial charge >= 0.3 is 5.97 Å². The standard InChI is InChI=1S/C12H8ClNO2/c13-7-3-5-9-8-4-1-2-6-10(8)14-11(9)12(15)16/h1-2,4,6,14H,7H2,(H,15,16). The molecule has 0 aliphatic carbocycles. The first kappa shape index (κ1) is 10.6. The Morgan fingerprint density at radius 1 is 1.44 bits per heavy atom. The van der Waals surface area contributed by atoms with Crippen LogP contribution >= 0.6 is 11.6 Å². The maximum absolute atomic E-state index is 11.0. The molecule has 0 aliphatic rings. The molecule has 2 N–H and O–H groups in total. The average molecular weight is 234 g/mol. The molecule has 0 saturated carbocycles. The van der Waals surface area contributed by atoms with Crippen LogP contribution in [-0.2, 0) is 0 Å². The Morgan fingerprint density at radius 2 is 2.19 bits per heavy atom. The summed E-state index contributed by atoms with van der Waals surface area (Å²) in [7, 11) is 0. The zero-order chi connectivity index (χ0) is 11.5. The minimum atomic E-state index is -1.02. The van der Waals surface area contributed by atoms with Crippen LogP contribution in [0.5, 0.6) is 0 Å². The highest BCUT2D eigenvalue weighted by Crippen LogP contribution is 2.21. The van der Waals surface area contributed by atoms with E-state index < -0.39 is 5.97 Å². The summed E-state index contributed by atoms with van der Waals surface area (Å²) in [5, 5.41) is 9.84. The summed E-state index contributed by atoms with van der Waals surface area (Å²) in [6, 6.07) is 7.32. The molecular formula is C12H8ClNO2. The summed E-state index contributed by atoms with van der Waals surface area (Å²) in [6.45, 7) is 0. The lowest BCUT2D eigenvalue weighted by Crippen LogP contribution is -1.98. The van der Waals surface area contributed by atoms with Crippen LogP contribution < -0.4 is 0 Å². The van der Waals surface area contributed by atoms with Crippen LogP contribution in [0.3, 0.4) is 0 Å². The molecule has 0 radical (unpaired) electrons. The number of carboxylic acids is 1. The maximum atomic E-state index is 11.0. The van der Waals surface area contributed by atoms with E-state index in [0.717, 1.165) is 10.9 Å². The first-order chi connectivity index (χ1) is 7.74. The fourth-order valence-electron chi connectivity index (χ4n) is 1.55. The van der Waals surface area contributed by atoms with Crippen molar-refractivity contribution >= 4 is 28.5 Å². The second-order valence-corrected chi connectivity index (χ2v) is 3.43. The Balaban J connectivity index is 2.74. The van der Waals surface area contributed by atoms with E-state index in [4.69, 9.17) is 16.7 Å². The SMILES string of the molecule is O=C(O)c1[nH]c2ccccc2c1C#CCCl. The minimum absolute atomic E-state index is 0.110. The minimum Gasteiger partial charge on any atom is -0.477 e. The van der Waals surface area contributed by atoms with Gasteiger partial charge < -0.3 is 10.1 Å². The number of nitrogens with one attached hydrogen (secondary N) is 1. The number of H-pyrrole nitrogens is 1. The molecule has 2 rings (SSSR count). The van der Waals surface area contributed by atoms with E-state index in [2.05, 4.69) is 16.8 Å². The summed E-state index contributed by atoms with van der Waals surface area (Å²) in [5.41, 5.74) is 1.36. The van der Waals surface area contributed by atoms with Crippen molar-refractivity contribution in [3.05, 3.63) is 35.5 Å². The topological polar surface area (TPSA) is 53.1 Å². The number of para-hydroxylation sites is 1. The molecule has 0 saturated heterocycles. The van der Waals surface area contributed by atoms with Gasteiger partial charge in [-0.2, -0.15) is 0 Å². The van der Waals surface area contributed by atoms with Gasteiger partial charge in [0.1, 0.15) is 5.69 Å². The molecule has 80 valence electrons. The van der Waals surface area contributed by atoms with E-state index in [-0.39, 0.29) is 11.6 Å². The highest BCUT2D eigenvalue weighted by Gasteiger charge is 2.14. The Morgan fingerprint density at radius 3 is 2.88 bits per heavy atom. The van der Waals surface area contributed by atoms with Gasteiger partial charge in [0.15, 0.2) is 0 Å². The fourth-order valence-corrected chi connectivity index (χ4v) is 1.62. The molecular weight excluding hydrogens is 226 g/mol. The predicted molar refractivity (Wildman–Crippen MR) is 62.9 cm³/mol. The monoisotopic (exact) mass is 233 g/mol. The molecule has 0 unspecified atom stereocenters. The van der Waals surface area contributed by atoms with Gasteiger partial charge in [-0.15, -0.1) is 11.6 Å². The quantitative estimate of drug-likeness (QED) is 0.587. The first-order valence-electron chi connectivity index (χ1n) is 4.63. The summed E-state index contributed by atoms with van der Waals surface area (Å²) in [6.07, 6.45) is 0. The molecule has 16 heavy (non-hydrogen) atoms. The number of aromatic nitrogens is 1. The number of aromatic carboxylic acids is 1. The molecule has 0 spiro atoms. The molecule has 3 nitrogen and oxygen atoms in total. The first-order valence-corrected chi connectivity index (χ1v) is 5.16. The normalized spacial score (nSPS) is 9.81. The Labute approximate surface area is 97.0 Å². The number of benzene rings is 1. The lowest BCUT2D eigenvalue weighted by molar-refractivity contribution is 0.0691. The van der Waals surface area contributed by atoms with Crippen molar-refractivity contribution in [2.24, 2.45) is 0 Å². The fraction of sp³-hybridized carbons (Fsp3) is 0.0833. The van der Waals surface area contributed by atoms with E-state index >= 15 is 0 Å². The van der Waals surface area contributed by atoms with Gasteiger partial charge in [-0.25, -0.2) is 4.79 Å². The molecule has 1 aromatic carbocycles. The van der Waals surface area contributed by atoms with Crippen molar-refractivity contribution in [2.45, 2.75) is 0 Å². The molecule has 1 aromatic heterocycles. The number of halogens is 1. The molecule has 2 aromatic rings. The highest BCUT2D eigenvalue weighted by atomic mass is 35.5. The van der Waals surface area contributed by atoms with Crippen LogP contribution in [0.2, 0.25) is 0 Å². The molecule has 0 amide bonds. The van der Waals surface area contributed by atoms with E-state index in [1.54, 1.807) is 0 Å². The van der Waals surface area contributed by atoms with Gasteiger partial charge in [-0.1, -0.05) is 30.0 Å². The number of rotatable bonds is 1. The van der Waals surface area contributed by atoms with Crippen LogP contribution in [0, 0.1) is 11.8 Å². The van der Waals surface area contributed by atoms with E-state index in [1.807, 2.05) is 24.3 Å². The van der Waals surface area contributed by atoms with Gasteiger partial charge in [0.2, 0.25) is 0 Å². The Kier molecular flexibility index (Phi) is 2.84. The second kappa shape index (κ2) is 4.30.